The monoisotopic (exact) mass is 519 g/mol. The van der Waals surface area contributed by atoms with E-state index >= 15 is 0 Å². The summed E-state index contributed by atoms with van der Waals surface area (Å²) in [5, 5.41) is 6.13. The van der Waals surface area contributed by atoms with E-state index in [1.54, 1.807) is 14.2 Å². The number of hydrogen-bond donors (Lipinski definition) is 2. The van der Waals surface area contributed by atoms with E-state index in [2.05, 4.69) is 25.5 Å². The van der Waals surface area contributed by atoms with Gasteiger partial charge in [0.15, 0.2) is 5.96 Å². The molecule has 0 aliphatic rings. The van der Waals surface area contributed by atoms with Crippen molar-refractivity contribution in [2.75, 3.05) is 60.6 Å². The van der Waals surface area contributed by atoms with Crippen molar-refractivity contribution in [3.05, 3.63) is 23.9 Å². The van der Waals surface area contributed by atoms with E-state index in [4.69, 9.17) is 9.47 Å². The Morgan fingerprint density at radius 2 is 1.93 bits per heavy atom. The normalized spacial score (nSPS) is 11.9. The van der Waals surface area contributed by atoms with Gasteiger partial charge in [-0.2, -0.15) is 13.2 Å². The molecule has 0 bridgehead atoms. The Labute approximate surface area is 181 Å². The number of methoxy groups -OCH3 is 1. The van der Waals surface area contributed by atoms with Crippen LogP contribution in [0, 0.1) is 0 Å². The molecule has 1 aromatic heterocycles. The number of guanidine groups is 1. The van der Waals surface area contributed by atoms with E-state index in [9.17, 15) is 13.2 Å². The largest absolute Gasteiger partial charge is 0.475 e. The maximum Gasteiger partial charge on any atom is 0.421 e. The van der Waals surface area contributed by atoms with Crippen LogP contribution in [-0.2, 0) is 10.9 Å². The fourth-order valence-corrected chi connectivity index (χ4v) is 2.22. The van der Waals surface area contributed by atoms with E-state index in [0.717, 1.165) is 32.2 Å². The number of ether oxygens (including phenoxy) is 2. The third kappa shape index (κ3) is 10.9. The number of aromatic nitrogens is 1. The van der Waals surface area contributed by atoms with Gasteiger partial charge in [-0.25, -0.2) is 4.98 Å². The quantitative estimate of drug-likeness (QED) is 0.202. The van der Waals surface area contributed by atoms with Gasteiger partial charge in [0.1, 0.15) is 12.2 Å². The van der Waals surface area contributed by atoms with Crippen LogP contribution in [0.15, 0.2) is 23.3 Å². The van der Waals surface area contributed by atoms with Crippen LogP contribution >= 0.6 is 24.0 Å². The summed E-state index contributed by atoms with van der Waals surface area (Å²) in [6, 6.07) is 2.17. The van der Waals surface area contributed by atoms with Gasteiger partial charge in [0.05, 0.1) is 6.54 Å². The van der Waals surface area contributed by atoms with Gasteiger partial charge < -0.3 is 25.0 Å². The van der Waals surface area contributed by atoms with E-state index in [0.29, 0.717) is 12.5 Å². The number of aliphatic imine (C=N–C) groups is 1. The highest BCUT2D eigenvalue weighted by molar-refractivity contribution is 14.0. The van der Waals surface area contributed by atoms with Crippen molar-refractivity contribution in [2.24, 2.45) is 4.99 Å². The number of rotatable bonds is 11. The van der Waals surface area contributed by atoms with Gasteiger partial charge in [0.25, 0.3) is 0 Å². The zero-order valence-electron chi connectivity index (χ0n) is 16.4. The second-order valence-corrected chi connectivity index (χ2v) is 5.78. The lowest BCUT2D eigenvalue weighted by Gasteiger charge is -2.18. The molecule has 0 unspecified atom stereocenters. The minimum atomic E-state index is -4.50. The van der Waals surface area contributed by atoms with Crippen LogP contribution in [0.3, 0.4) is 0 Å². The van der Waals surface area contributed by atoms with Crippen LogP contribution in [0.25, 0.3) is 0 Å². The third-order valence-electron chi connectivity index (χ3n) is 3.61. The van der Waals surface area contributed by atoms with Crippen molar-refractivity contribution in [1.29, 1.82) is 0 Å². The Kier molecular flexibility index (Phi) is 13.9. The smallest absolute Gasteiger partial charge is 0.421 e. The molecule has 11 heteroatoms. The summed E-state index contributed by atoms with van der Waals surface area (Å²) in [6.45, 7) is 3.48. The molecule has 28 heavy (non-hydrogen) atoms. The molecule has 0 saturated carbocycles. The van der Waals surface area contributed by atoms with Gasteiger partial charge in [0, 0.05) is 46.6 Å². The molecule has 0 saturated heterocycles. The highest BCUT2D eigenvalue weighted by Gasteiger charge is 2.34. The van der Waals surface area contributed by atoms with E-state index < -0.39 is 17.6 Å². The van der Waals surface area contributed by atoms with Crippen LogP contribution in [0.4, 0.5) is 13.2 Å². The van der Waals surface area contributed by atoms with Crippen molar-refractivity contribution in [3.8, 4) is 5.88 Å². The highest BCUT2D eigenvalue weighted by atomic mass is 127. The van der Waals surface area contributed by atoms with Gasteiger partial charge in [-0.3, -0.25) is 4.99 Å². The molecule has 0 radical (unpaired) electrons. The molecule has 0 atom stereocenters. The Balaban J connectivity index is 0.00000729. The Morgan fingerprint density at radius 3 is 2.57 bits per heavy atom. The zero-order valence-corrected chi connectivity index (χ0v) is 18.7. The van der Waals surface area contributed by atoms with E-state index in [1.807, 2.05) is 7.05 Å². The standard InChI is InChI=1S/C17H28F3N5O2.HI/c1-21-16(23-8-11-25(2)10-5-12-26-3)24-9-13-27-15-14(17(18,19)20)6-4-7-22-15;/h4,6-7H,5,8-13H2,1-3H3,(H2,21,23,24);1H. The van der Waals surface area contributed by atoms with Crippen molar-refractivity contribution < 1.29 is 22.6 Å². The molecule has 1 rings (SSSR count). The molecule has 0 fully saturated rings. The first-order valence-electron chi connectivity index (χ1n) is 8.65. The molecule has 0 aromatic carbocycles. The van der Waals surface area contributed by atoms with Crippen LogP contribution in [-0.4, -0.2) is 76.4 Å². The Morgan fingerprint density at radius 1 is 1.21 bits per heavy atom. The van der Waals surface area contributed by atoms with Crippen molar-refractivity contribution in [3.63, 3.8) is 0 Å². The summed E-state index contributed by atoms with van der Waals surface area (Å²) in [4.78, 5) is 9.89. The molecule has 0 amide bonds. The number of alkyl halides is 3. The lowest BCUT2D eigenvalue weighted by molar-refractivity contribution is -0.139. The number of nitrogens with one attached hydrogen (secondary N) is 2. The molecule has 7 nitrogen and oxygen atoms in total. The average molecular weight is 519 g/mol. The summed E-state index contributed by atoms with van der Waals surface area (Å²) in [6.07, 6.45) is -2.27. The second kappa shape index (κ2) is 14.6. The first kappa shape index (κ1) is 26.7. The maximum atomic E-state index is 12.9. The average Bonchev–Trinajstić information content (AvgIpc) is 2.63. The van der Waals surface area contributed by atoms with Crippen LogP contribution in [0.5, 0.6) is 5.88 Å². The van der Waals surface area contributed by atoms with Crippen LogP contribution in [0.2, 0.25) is 0 Å². The number of hydrogen-bond acceptors (Lipinski definition) is 5. The molecule has 162 valence electrons. The van der Waals surface area contributed by atoms with Gasteiger partial charge in [-0.05, 0) is 25.6 Å². The molecular weight excluding hydrogens is 490 g/mol. The fraction of sp³-hybridized carbons (Fsp3) is 0.647. The van der Waals surface area contributed by atoms with Crippen molar-refractivity contribution in [1.82, 2.24) is 20.5 Å². The lowest BCUT2D eigenvalue weighted by Crippen LogP contribution is -2.42. The topological polar surface area (TPSA) is 71.0 Å². The van der Waals surface area contributed by atoms with Crippen molar-refractivity contribution in [2.45, 2.75) is 12.6 Å². The summed E-state index contributed by atoms with van der Waals surface area (Å²) in [7, 11) is 5.32. The fourth-order valence-electron chi connectivity index (χ4n) is 2.22. The van der Waals surface area contributed by atoms with Crippen LogP contribution in [0.1, 0.15) is 12.0 Å². The Hall–Kier alpha value is -1.34. The van der Waals surface area contributed by atoms with E-state index in [-0.39, 0.29) is 37.1 Å². The molecule has 2 N–H and O–H groups in total. The molecule has 0 spiro atoms. The second-order valence-electron chi connectivity index (χ2n) is 5.78. The van der Waals surface area contributed by atoms with Gasteiger partial charge in [0.2, 0.25) is 5.88 Å². The summed E-state index contributed by atoms with van der Waals surface area (Å²) in [5.41, 5.74) is -0.885. The van der Waals surface area contributed by atoms with Gasteiger partial charge in [-0.15, -0.1) is 24.0 Å². The van der Waals surface area contributed by atoms with Crippen LogP contribution < -0.4 is 15.4 Å². The molecule has 0 aliphatic carbocycles. The lowest BCUT2D eigenvalue weighted by atomic mass is 10.2. The summed E-state index contributed by atoms with van der Waals surface area (Å²) >= 11 is 0. The van der Waals surface area contributed by atoms with E-state index in [1.165, 1.54) is 12.3 Å². The van der Waals surface area contributed by atoms with Gasteiger partial charge in [-0.1, -0.05) is 0 Å². The van der Waals surface area contributed by atoms with Gasteiger partial charge >= 0.3 is 6.18 Å². The van der Waals surface area contributed by atoms with Crippen molar-refractivity contribution >= 4 is 29.9 Å². The minimum absolute atomic E-state index is 0. The SMILES string of the molecule is CN=C(NCCOc1ncccc1C(F)(F)F)NCCN(C)CCCOC.I. The first-order chi connectivity index (χ1) is 12.9. The third-order valence-corrected chi connectivity index (χ3v) is 3.61. The molecular formula is C17H29F3IN5O2. The number of halogens is 4. The molecule has 1 aromatic rings. The zero-order chi connectivity index (χ0) is 20.1. The summed E-state index contributed by atoms with van der Waals surface area (Å²) in [5.74, 6) is 0.133. The molecule has 1 heterocycles. The summed E-state index contributed by atoms with van der Waals surface area (Å²) < 4.78 is 48.8. The first-order valence-corrected chi connectivity index (χ1v) is 8.65. The number of nitrogens with zero attached hydrogens (tertiary/aromatic N) is 3. The predicted molar refractivity (Wildman–Crippen MR) is 114 cm³/mol. The molecule has 0 aliphatic heterocycles. The minimum Gasteiger partial charge on any atom is -0.475 e. The maximum absolute atomic E-state index is 12.9. The highest BCUT2D eigenvalue weighted by Crippen LogP contribution is 2.34. The number of likely N-dealkylation sites (N-methyl/N-ethyl adjacent to an activating group) is 1. The predicted octanol–water partition coefficient (Wildman–Crippen LogP) is 2.23. The number of pyridine rings is 1. The Bertz CT molecular complexity index is 576.